The number of ether oxygens (including phenoxy) is 1. The van der Waals surface area contributed by atoms with Crippen LogP contribution in [-0.4, -0.2) is 43.5 Å². The van der Waals surface area contributed by atoms with E-state index in [-0.39, 0.29) is 18.4 Å². The smallest absolute Gasteiger partial charge is 0.416 e. The summed E-state index contributed by atoms with van der Waals surface area (Å²) in [6.45, 7) is 1.08. The van der Waals surface area contributed by atoms with Crippen LogP contribution in [0.25, 0.3) is 0 Å². The summed E-state index contributed by atoms with van der Waals surface area (Å²) in [5.74, 6) is -1.76. The highest BCUT2D eigenvalue weighted by Gasteiger charge is 2.32. The minimum atomic E-state index is -4.66. The van der Waals surface area contributed by atoms with Crippen LogP contribution in [0.3, 0.4) is 0 Å². The number of benzene rings is 1. The molecule has 0 bridgehead atoms. The van der Waals surface area contributed by atoms with E-state index in [0.717, 1.165) is 31.5 Å². The van der Waals surface area contributed by atoms with Gasteiger partial charge in [0.15, 0.2) is 0 Å². The molecular weight excluding hydrogens is 335 g/mol. The van der Waals surface area contributed by atoms with E-state index < -0.39 is 29.8 Å². The zero-order chi connectivity index (χ0) is 17.9. The van der Waals surface area contributed by atoms with Gasteiger partial charge in [-0.3, -0.25) is 4.79 Å². The molecule has 134 valence electrons. The number of alkyl halides is 5. The number of carbonyl (C=O) groups excluding carboxylic acids is 1. The highest BCUT2D eigenvalue weighted by atomic mass is 19.4. The first kappa shape index (κ1) is 18.4. The van der Waals surface area contributed by atoms with Crippen LogP contribution >= 0.6 is 0 Å². The maximum absolute atomic E-state index is 12.8. The Bertz CT molecular complexity index is 592. The Labute approximate surface area is 135 Å². The van der Waals surface area contributed by atoms with Crippen LogP contribution in [0, 0.1) is 0 Å². The first-order valence-electron chi connectivity index (χ1n) is 7.32. The molecule has 0 radical (unpaired) electrons. The Morgan fingerprint density at radius 3 is 2.67 bits per heavy atom. The number of hydrogen-bond acceptors (Lipinski definition) is 3. The molecule has 1 saturated heterocycles. The lowest BCUT2D eigenvalue weighted by atomic mass is 10.1. The van der Waals surface area contributed by atoms with Crippen molar-refractivity contribution in [3.05, 3.63) is 23.8 Å². The number of anilines is 1. The maximum atomic E-state index is 12.8. The van der Waals surface area contributed by atoms with Gasteiger partial charge in [0.25, 0.3) is 5.91 Å². The quantitative estimate of drug-likeness (QED) is 0.826. The van der Waals surface area contributed by atoms with Gasteiger partial charge in [0, 0.05) is 6.04 Å². The largest absolute Gasteiger partial charge is 0.490 e. The first-order chi connectivity index (χ1) is 11.2. The average molecular weight is 352 g/mol. The molecule has 1 aliphatic heterocycles. The van der Waals surface area contributed by atoms with Gasteiger partial charge in [-0.1, -0.05) is 0 Å². The molecular formula is C15H17F5N2O2. The zero-order valence-electron chi connectivity index (χ0n) is 12.9. The van der Waals surface area contributed by atoms with E-state index in [0.29, 0.717) is 6.07 Å². The zero-order valence-corrected chi connectivity index (χ0v) is 12.9. The second-order valence-electron chi connectivity index (χ2n) is 5.59. The number of nitrogens with zero attached hydrogens (tertiary/aromatic N) is 1. The standard InChI is InChI=1S/C15H17F5N2O2/c1-22-6-2-3-10(22)8-24-12-5-4-9(15(18,19)20)7-11(12)21-14(23)13(16)17/h4-5,7,10,13H,2-3,6,8H2,1H3,(H,21,23)/t10-/m0/s1. The molecule has 0 spiro atoms. The van der Waals surface area contributed by atoms with Crippen molar-refractivity contribution in [3.63, 3.8) is 0 Å². The van der Waals surface area contributed by atoms with Gasteiger partial charge >= 0.3 is 12.6 Å². The fraction of sp³-hybridized carbons (Fsp3) is 0.533. The van der Waals surface area contributed by atoms with E-state index in [9.17, 15) is 26.7 Å². The fourth-order valence-electron chi connectivity index (χ4n) is 2.49. The molecule has 1 aliphatic rings. The van der Waals surface area contributed by atoms with Gasteiger partial charge in [-0.15, -0.1) is 0 Å². The Hall–Kier alpha value is -1.90. The van der Waals surface area contributed by atoms with E-state index in [1.165, 1.54) is 0 Å². The molecule has 0 unspecified atom stereocenters. The lowest BCUT2D eigenvalue weighted by Gasteiger charge is -2.21. The van der Waals surface area contributed by atoms with Gasteiger partial charge in [0.05, 0.1) is 11.3 Å². The van der Waals surface area contributed by atoms with Crippen molar-refractivity contribution in [1.29, 1.82) is 0 Å². The van der Waals surface area contributed by atoms with Crippen molar-refractivity contribution in [2.24, 2.45) is 0 Å². The average Bonchev–Trinajstić information content (AvgIpc) is 2.90. The third kappa shape index (κ3) is 4.56. The summed E-state index contributed by atoms with van der Waals surface area (Å²) >= 11 is 0. The summed E-state index contributed by atoms with van der Waals surface area (Å²) in [6, 6.07) is 2.49. The van der Waals surface area contributed by atoms with Crippen LogP contribution in [0.15, 0.2) is 18.2 Å². The van der Waals surface area contributed by atoms with Crippen molar-refractivity contribution >= 4 is 11.6 Å². The van der Waals surface area contributed by atoms with Crippen LogP contribution in [-0.2, 0) is 11.0 Å². The second kappa shape index (κ2) is 7.33. The SMILES string of the molecule is CN1CCC[C@H]1COc1ccc(C(F)(F)F)cc1NC(=O)C(F)F. The number of amides is 1. The Kier molecular flexibility index (Phi) is 5.63. The van der Waals surface area contributed by atoms with Gasteiger partial charge in [0.1, 0.15) is 12.4 Å². The number of rotatable bonds is 5. The van der Waals surface area contributed by atoms with E-state index >= 15 is 0 Å². The normalized spacial score (nSPS) is 18.9. The summed E-state index contributed by atoms with van der Waals surface area (Å²) in [5, 5.41) is 1.78. The molecule has 24 heavy (non-hydrogen) atoms. The van der Waals surface area contributed by atoms with Crippen molar-refractivity contribution in [1.82, 2.24) is 4.90 Å². The minimum Gasteiger partial charge on any atom is -0.490 e. The topological polar surface area (TPSA) is 41.6 Å². The summed E-state index contributed by atoms with van der Waals surface area (Å²) in [4.78, 5) is 13.2. The summed E-state index contributed by atoms with van der Waals surface area (Å²) in [5.41, 5.74) is -1.48. The van der Waals surface area contributed by atoms with E-state index in [1.807, 2.05) is 11.9 Å². The van der Waals surface area contributed by atoms with Gasteiger partial charge in [-0.2, -0.15) is 22.0 Å². The molecule has 1 fully saturated rings. The molecule has 2 rings (SSSR count). The fourth-order valence-corrected chi connectivity index (χ4v) is 2.49. The number of carbonyl (C=O) groups is 1. The molecule has 1 heterocycles. The molecule has 0 saturated carbocycles. The third-order valence-corrected chi connectivity index (χ3v) is 3.87. The number of likely N-dealkylation sites (tertiary alicyclic amines) is 1. The maximum Gasteiger partial charge on any atom is 0.416 e. The second-order valence-corrected chi connectivity index (χ2v) is 5.59. The van der Waals surface area contributed by atoms with Crippen LogP contribution in [0.1, 0.15) is 18.4 Å². The van der Waals surface area contributed by atoms with Gasteiger partial charge in [-0.25, -0.2) is 0 Å². The van der Waals surface area contributed by atoms with Crippen molar-refractivity contribution in [2.45, 2.75) is 31.5 Å². The van der Waals surface area contributed by atoms with E-state index in [4.69, 9.17) is 4.74 Å². The summed E-state index contributed by atoms with van der Waals surface area (Å²) in [6.07, 6.45) is -6.15. The molecule has 1 atom stereocenters. The lowest BCUT2D eigenvalue weighted by Crippen LogP contribution is -2.31. The first-order valence-corrected chi connectivity index (χ1v) is 7.32. The molecule has 0 aromatic heterocycles. The molecule has 1 aromatic rings. The Morgan fingerprint density at radius 2 is 2.12 bits per heavy atom. The van der Waals surface area contributed by atoms with Gasteiger partial charge < -0.3 is 15.0 Å². The van der Waals surface area contributed by atoms with Crippen LogP contribution < -0.4 is 10.1 Å². The molecule has 1 N–H and O–H groups in total. The molecule has 0 aliphatic carbocycles. The minimum absolute atomic E-state index is 0.0719. The van der Waals surface area contributed by atoms with Crippen molar-refractivity contribution < 1.29 is 31.5 Å². The monoisotopic (exact) mass is 352 g/mol. The van der Waals surface area contributed by atoms with Crippen molar-refractivity contribution in [2.75, 3.05) is 25.5 Å². The lowest BCUT2D eigenvalue weighted by molar-refractivity contribution is -0.137. The molecule has 4 nitrogen and oxygen atoms in total. The number of likely N-dealkylation sites (N-methyl/N-ethyl adjacent to an activating group) is 1. The van der Waals surface area contributed by atoms with Crippen LogP contribution in [0.2, 0.25) is 0 Å². The predicted molar refractivity (Wildman–Crippen MR) is 77.2 cm³/mol. The molecule has 1 amide bonds. The highest BCUT2D eigenvalue weighted by Crippen LogP contribution is 2.35. The van der Waals surface area contributed by atoms with E-state index in [1.54, 1.807) is 5.32 Å². The highest BCUT2D eigenvalue weighted by molar-refractivity contribution is 5.94. The number of hydrogen-bond donors (Lipinski definition) is 1. The number of halogens is 5. The Balaban J connectivity index is 2.19. The predicted octanol–water partition coefficient (Wildman–Crippen LogP) is 3.38. The Morgan fingerprint density at radius 1 is 1.42 bits per heavy atom. The number of nitrogens with one attached hydrogen (secondary N) is 1. The summed E-state index contributed by atoms with van der Waals surface area (Å²) in [7, 11) is 1.90. The van der Waals surface area contributed by atoms with Crippen LogP contribution in [0.5, 0.6) is 5.75 Å². The van der Waals surface area contributed by atoms with Gasteiger partial charge in [-0.05, 0) is 44.6 Å². The van der Waals surface area contributed by atoms with E-state index in [2.05, 4.69) is 0 Å². The van der Waals surface area contributed by atoms with Gasteiger partial charge in [0.2, 0.25) is 0 Å². The third-order valence-electron chi connectivity index (χ3n) is 3.87. The van der Waals surface area contributed by atoms with Crippen molar-refractivity contribution in [3.8, 4) is 5.75 Å². The summed E-state index contributed by atoms with van der Waals surface area (Å²) < 4.78 is 68.5. The molecule has 9 heteroatoms. The van der Waals surface area contributed by atoms with Crippen LogP contribution in [0.4, 0.5) is 27.6 Å². The molecule has 1 aromatic carbocycles.